The zero-order valence-corrected chi connectivity index (χ0v) is 28.4. The van der Waals surface area contributed by atoms with Gasteiger partial charge in [0.2, 0.25) is 5.76 Å². The highest BCUT2D eigenvalue weighted by Gasteiger charge is 2.46. The average Bonchev–Trinajstić information content (AvgIpc) is 3.78. The zero-order chi connectivity index (χ0) is 35.7. The molecule has 1 saturated carbocycles. The van der Waals surface area contributed by atoms with Gasteiger partial charge in [0.25, 0.3) is 0 Å². The van der Waals surface area contributed by atoms with E-state index in [-0.39, 0.29) is 72.4 Å². The number of aromatic nitrogens is 1. The van der Waals surface area contributed by atoms with E-state index in [1.165, 1.54) is 7.11 Å². The van der Waals surface area contributed by atoms with Gasteiger partial charge in [-0.15, -0.1) is 0 Å². The van der Waals surface area contributed by atoms with E-state index < -0.39 is 42.7 Å². The number of aliphatic hydroxyl groups excluding tert-OH is 3. The maximum absolute atomic E-state index is 13.8. The second kappa shape index (κ2) is 14.4. The molecule has 266 valence electrons. The number of aliphatic hydroxyl groups is 4. The molecular weight excluding hydrogens is 646 g/mol. The average molecular weight is 690 g/mol. The Bertz CT molecular complexity index is 1880. The van der Waals surface area contributed by atoms with Crippen LogP contribution in [0.15, 0.2) is 47.4 Å². The lowest BCUT2D eigenvalue weighted by molar-refractivity contribution is -0.141. The maximum atomic E-state index is 13.8. The molecule has 3 aliphatic rings. The quantitative estimate of drug-likeness (QED) is 0.106. The number of rotatable bonds is 12. The Morgan fingerprint density at radius 2 is 1.92 bits per heavy atom. The Morgan fingerprint density at radius 3 is 2.60 bits per heavy atom. The summed E-state index contributed by atoms with van der Waals surface area (Å²) in [5.41, 5.74) is 2.17. The second-order valence-corrected chi connectivity index (χ2v) is 13.3. The summed E-state index contributed by atoms with van der Waals surface area (Å²) in [5.74, 6) is -2.36. The van der Waals surface area contributed by atoms with E-state index in [4.69, 9.17) is 18.9 Å². The van der Waals surface area contributed by atoms with E-state index in [0.717, 1.165) is 16.5 Å². The second-order valence-electron chi connectivity index (χ2n) is 13.3. The minimum absolute atomic E-state index is 0.00208. The minimum Gasteiger partial charge on any atom is -0.496 e. The molecule has 12 nitrogen and oxygen atoms in total. The van der Waals surface area contributed by atoms with Crippen molar-refractivity contribution in [2.45, 2.75) is 76.6 Å². The molecule has 0 bridgehead atoms. The fourth-order valence-corrected chi connectivity index (χ4v) is 7.58. The Hall–Kier alpha value is -4.49. The highest BCUT2D eigenvalue weighted by molar-refractivity contribution is 6.11. The molecule has 12 heteroatoms. The SMILES string of the molecule is CCOC(=O)C1=C(C=O)C(=C2CC(CO)C(=O)C(c3ccc4[nH]ccc4c3)C2)c2c(OC)c3c(c(CO)c2O1)OC(C(C)(O)CCCCO)C3. The van der Waals surface area contributed by atoms with E-state index in [0.29, 0.717) is 47.8 Å². The molecule has 3 heterocycles. The van der Waals surface area contributed by atoms with Crippen molar-refractivity contribution in [2.75, 3.05) is 26.9 Å². The minimum atomic E-state index is -1.32. The number of aldehydes is 1. The first-order chi connectivity index (χ1) is 24.1. The van der Waals surface area contributed by atoms with Crippen LogP contribution in [0, 0.1) is 5.92 Å². The molecule has 6 rings (SSSR count). The van der Waals surface area contributed by atoms with E-state index >= 15 is 0 Å². The van der Waals surface area contributed by atoms with Gasteiger partial charge in [0.15, 0.2) is 6.29 Å². The maximum Gasteiger partial charge on any atom is 0.375 e. The highest BCUT2D eigenvalue weighted by atomic mass is 16.6. The number of H-pyrrole nitrogens is 1. The molecule has 0 radical (unpaired) electrons. The number of methoxy groups -OCH3 is 1. The number of unbranched alkanes of at least 4 members (excludes halogenated alkanes) is 1. The van der Waals surface area contributed by atoms with Crippen molar-refractivity contribution in [3.05, 3.63) is 69.6 Å². The van der Waals surface area contributed by atoms with Gasteiger partial charge in [-0.05, 0) is 75.1 Å². The molecule has 1 aromatic heterocycles. The van der Waals surface area contributed by atoms with Gasteiger partial charge in [0.05, 0.1) is 49.2 Å². The fourth-order valence-electron chi connectivity index (χ4n) is 7.58. The van der Waals surface area contributed by atoms with Gasteiger partial charge in [-0.3, -0.25) is 9.59 Å². The number of carbonyl (C=O) groups excluding carboxylic acids is 3. The van der Waals surface area contributed by atoms with Gasteiger partial charge in [-0.25, -0.2) is 4.79 Å². The van der Waals surface area contributed by atoms with Crippen LogP contribution >= 0.6 is 0 Å². The topological polar surface area (TPSA) is 185 Å². The number of hydrogen-bond acceptors (Lipinski definition) is 11. The lowest BCUT2D eigenvalue weighted by Gasteiger charge is -2.34. The first kappa shape index (κ1) is 35.3. The van der Waals surface area contributed by atoms with Gasteiger partial charge in [0.1, 0.15) is 29.1 Å². The largest absolute Gasteiger partial charge is 0.496 e. The molecule has 5 N–H and O–H groups in total. The number of ether oxygens (including phenoxy) is 4. The third-order valence-electron chi connectivity index (χ3n) is 10.1. The number of hydrogen-bond donors (Lipinski definition) is 5. The lowest BCUT2D eigenvalue weighted by Crippen LogP contribution is -2.42. The first-order valence-electron chi connectivity index (χ1n) is 17.0. The van der Waals surface area contributed by atoms with Crippen LogP contribution in [0.3, 0.4) is 0 Å². The van der Waals surface area contributed by atoms with Crippen molar-refractivity contribution in [2.24, 2.45) is 5.92 Å². The van der Waals surface area contributed by atoms with Crippen LogP contribution in [0.1, 0.15) is 74.1 Å². The standard InChI is InChI=1S/C38H43NO11/c1-4-48-37(45)36-26(18-42)30(22-14-23(17-41)32(44)24(15-22)20-7-8-28-21(13-20)9-11-39-28)31-34(47-3)25-16-29(38(2,46)10-5-6-12-40)49-33(25)27(19-43)35(31)50-36/h7-9,11,13,18,23-24,29,39-41,43,46H,4-6,10,12,14-17,19H2,1-3H3. The smallest absolute Gasteiger partial charge is 0.375 e. The van der Waals surface area contributed by atoms with Gasteiger partial charge in [-0.2, -0.15) is 0 Å². The van der Waals surface area contributed by atoms with E-state index in [1.807, 2.05) is 30.5 Å². The summed E-state index contributed by atoms with van der Waals surface area (Å²) in [6, 6.07) is 7.59. The third kappa shape index (κ3) is 6.10. The number of esters is 1. The molecule has 0 amide bonds. The fraction of sp³-hybridized carbons (Fsp3) is 0.447. The van der Waals surface area contributed by atoms with Crippen molar-refractivity contribution >= 4 is 34.5 Å². The Morgan fingerprint density at radius 1 is 1.12 bits per heavy atom. The summed E-state index contributed by atoms with van der Waals surface area (Å²) in [7, 11) is 1.45. The monoisotopic (exact) mass is 689 g/mol. The predicted octanol–water partition coefficient (Wildman–Crippen LogP) is 3.80. The number of aromatic amines is 1. The molecule has 1 fully saturated rings. The number of carbonyl (C=O) groups is 3. The third-order valence-corrected chi connectivity index (χ3v) is 10.1. The summed E-state index contributed by atoms with van der Waals surface area (Å²) < 4.78 is 23.9. The van der Waals surface area contributed by atoms with Crippen LogP contribution in [0.25, 0.3) is 16.5 Å². The van der Waals surface area contributed by atoms with Crippen LogP contribution in [-0.4, -0.2) is 82.1 Å². The molecule has 0 saturated heterocycles. The van der Waals surface area contributed by atoms with Crippen molar-refractivity contribution in [3.63, 3.8) is 0 Å². The molecule has 4 unspecified atom stereocenters. The van der Waals surface area contributed by atoms with Crippen LogP contribution in [-0.2, 0) is 32.1 Å². The number of ketones is 1. The van der Waals surface area contributed by atoms with Crippen LogP contribution in [0.2, 0.25) is 0 Å². The van der Waals surface area contributed by atoms with Crippen molar-refractivity contribution in [3.8, 4) is 17.2 Å². The highest BCUT2D eigenvalue weighted by Crippen LogP contribution is 2.56. The summed E-state index contributed by atoms with van der Waals surface area (Å²) in [6.45, 7) is 2.24. The summed E-state index contributed by atoms with van der Waals surface area (Å²) in [4.78, 5) is 43.4. The Kier molecular flexibility index (Phi) is 10.2. The van der Waals surface area contributed by atoms with Crippen LogP contribution < -0.4 is 14.2 Å². The Balaban J connectivity index is 1.58. The van der Waals surface area contributed by atoms with Gasteiger partial charge in [-0.1, -0.05) is 11.6 Å². The van der Waals surface area contributed by atoms with Crippen molar-refractivity contribution in [1.82, 2.24) is 4.98 Å². The van der Waals surface area contributed by atoms with Crippen molar-refractivity contribution in [1.29, 1.82) is 0 Å². The molecular formula is C38H43NO11. The van der Waals surface area contributed by atoms with E-state index in [2.05, 4.69) is 4.98 Å². The van der Waals surface area contributed by atoms with E-state index in [1.54, 1.807) is 13.8 Å². The van der Waals surface area contributed by atoms with Gasteiger partial charge >= 0.3 is 5.97 Å². The van der Waals surface area contributed by atoms with Crippen LogP contribution in [0.4, 0.5) is 0 Å². The van der Waals surface area contributed by atoms with Crippen molar-refractivity contribution < 1.29 is 53.8 Å². The number of nitrogens with one attached hydrogen (secondary N) is 1. The summed E-state index contributed by atoms with van der Waals surface area (Å²) in [5, 5.41) is 42.9. The molecule has 4 atom stereocenters. The number of fused-ring (bicyclic) bond motifs is 3. The lowest BCUT2D eigenvalue weighted by atomic mass is 9.71. The van der Waals surface area contributed by atoms with Crippen LogP contribution in [0.5, 0.6) is 17.2 Å². The molecule has 3 aromatic rings. The normalized spacial score (nSPS) is 22.8. The number of Topliss-reactive ketones (excluding diaryl/α,β-unsaturated/α-hetero) is 1. The zero-order valence-electron chi connectivity index (χ0n) is 28.4. The van der Waals surface area contributed by atoms with Gasteiger partial charge < -0.3 is 44.4 Å². The summed E-state index contributed by atoms with van der Waals surface area (Å²) >= 11 is 0. The number of benzene rings is 2. The molecule has 1 aliphatic carbocycles. The Labute approximate surface area is 289 Å². The van der Waals surface area contributed by atoms with E-state index in [9.17, 15) is 34.8 Å². The first-order valence-corrected chi connectivity index (χ1v) is 17.0. The number of allylic oxidation sites excluding steroid dienone is 3. The molecule has 0 spiro atoms. The molecule has 2 aromatic carbocycles. The summed E-state index contributed by atoms with van der Waals surface area (Å²) in [6.07, 6.45) is 3.42. The van der Waals surface area contributed by atoms with Gasteiger partial charge in [0, 0.05) is 47.7 Å². The molecule has 50 heavy (non-hydrogen) atoms. The molecule has 2 aliphatic heterocycles. The predicted molar refractivity (Wildman–Crippen MR) is 182 cm³/mol.